The molecule has 2 rings (SSSR count). The van der Waals surface area contributed by atoms with E-state index in [1.54, 1.807) is 19.1 Å². The number of aromatic hydroxyl groups is 1. The Balaban J connectivity index is 1.74. The lowest BCUT2D eigenvalue weighted by Gasteiger charge is -2.40. The summed E-state index contributed by atoms with van der Waals surface area (Å²) in [6.07, 6.45) is 0. The molecule has 1 aromatic carbocycles. The van der Waals surface area contributed by atoms with Gasteiger partial charge in [-0.05, 0) is 24.7 Å². The monoisotopic (exact) mass is 248 g/mol. The van der Waals surface area contributed by atoms with Gasteiger partial charge in [-0.3, -0.25) is 4.79 Å². The first-order valence-corrected chi connectivity index (χ1v) is 6.26. The summed E-state index contributed by atoms with van der Waals surface area (Å²) in [5.41, 5.74) is 1.19. The number of hydrogen-bond donors (Lipinski definition) is 1. The van der Waals surface area contributed by atoms with E-state index in [4.69, 9.17) is 0 Å². The van der Waals surface area contributed by atoms with Gasteiger partial charge in [-0.25, -0.2) is 0 Å². The number of hydrogen-bond acceptors (Lipinski definition) is 3. The van der Waals surface area contributed by atoms with Gasteiger partial charge in [0.1, 0.15) is 5.75 Å². The van der Waals surface area contributed by atoms with E-state index in [-0.39, 0.29) is 5.91 Å². The third kappa shape index (κ3) is 3.23. The molecule has 1 aliphatic rings. The van der Waals surface area contributed by atoms with Gasteiger partial charge in [-0.1, -0.05) is 12.1 Å². The number of carbonyl (C=O) groups is 1. The van der Waals surface area contributed by atoms with Crippen LogP contribution in [0.1, 0.15) is 12.5 Å². The highest BCUT2D eigenvalue weighted by Gasteiger charge is 2.28. The van der Waals surface area contributed by atoms with Crippen molar-refractivity contribution in [2.45, 2.75) is 13.5 Å². The zero-order chi connectivity index (χ0) is 13.1. The smallest absolute Gasteiger partial charge is 0.219 e. The topological polar surface area (TPSA) is 43.8 Å². The number of phenols is 1. The Morgan fingerprint density at radius 2 is 2.00 bits per heavy atom. The van der Waals surface area contributed by atoms with Crippen molar-refractivity contribution in [1.82, 2.24) is 9.80 Å². The number of nitrogens with zero attached hydrogens (tertiary/aromatic N) is 2. The standard InChI is InChI=1S/C14H20N2O2/c1-11(17)16-9-13(10-16)8-15(2)7-12-3-5-14(18)6-4-12/h3-6,13,18H,7-10H2,1-2H3. The number of likely N-dealkylation sites (tertiary alicyclic amines) is 1. The molecule has 0 aliphatic carbocycles. The molecule has 1 aromatic rings. The first kappa shape index (κ1) is 12.9. The second kappa shape index (κ2) is 5.40. The van der Waals surface area contributed by atoms with E-state index in [2.05, 4.69) is 11.9 Å². The largest absolute Gasteiger partial charge is 0.508 e. The fourth-order valence-corrected chi connectivity index (χ4v) is 2.36. The maximum absolute atomic E-state index is 11.1. The molecule has 0 atom stereocenters. The summed E-state index contributed by atoms with van der Waals surface area (Å²) in [4.78, 5) is 15.2. The van der Waals surface area contributed by atoms with Crippen LogP contribution in [0, 0.1) is 5.92 Å². The van der Waals surface area contributed by atoms with Gasteiger partial charge in [0.25, 0.3) is 0 Å². The lowest BCUT2D eigenvalue weighted by molar-refractivity contribution is -0.135. The van der Waals surface area contributed by atoms with Crippen molar-refractivity contribution in [2.75, 3.05) is 26.7 Å². The van der Waals surface area contributed by atoms with Crippen LogP contribution in [0.2, 0.25) is 0 Å². The highest BCUT2D eigenvalue weighted by atomic mass is 16.3. The van der Waals surface area contributed by atoms with Crippen LogP contribution in [0.4, 0.5) is 0 Å². The number of benzene rings is 1. The molecule has 0 saturated carbocycles. The van der Waals surface area contributed by atoms with Gasteiger partial charge in [0.2, 0.25) is 5.91 Å². The normalized spacial score (nSPS) is 15.8. The number of rotatable bonds is 4. The molecule has 0 radical (unpaired) electrons. The third-order valence-corrected chi connectivity index (χ3v) is 3.36. The van der Waals surface area contributed by atoms with Crippen molar-refractivity contribution < 1.29 is 9.90 Å². The average Bonchev–Trinajstić information content (AvgIpc) is 2.25. The lowest BCUT2D eigenvalue weighted by Crippen LogP contribution is -2.52. The summed E-state index contributed by atoms with van der Waals surface area (Å²) in [5, 5.41) is 9.21. The molecule has 1 N–H and O–H groups in total. The molecule has 1 fully saturated rings. The molecule has 1 amide bonds. The molecule has 1 aliphatic heterocycles. The summed E-state index contributed by atoms with van der Waals surface area (Å²) in [5.74, 6) is 1.07. The van der Waals surface area contributed by atoms with Crippen LogP contribution in [-0.2, 0) is 11.3 Å². The Labute approximate surface area is 108 Å². The summed E-state index contributed by atoms with van der Waals surface area (Å²) in [6.45, 7) is 5.27. The maximum atomic E-state index is 11.1. The first-order valence-electron chi connectivity index (χ1n) is 6.26. The minimum Gasteiger partial charge on any atom is -0.508 e. The predicted octanol–water partition coefficient (Wildman–Crippen LogP) is 1.30. The highest BCUT2D eigenvalue weighted by molar-refractivity contribution is 5.74. The van der Waals surface area contributed by atoms with E-state index in [0.717, 1.165) is 26.2 Å². The fraction of sp³-hybridized carbons (Fsp3) is 0.500. The van der Waals surface area contributed by atoms with E-state index >= 15 is 0 Å². The molecular weight excluding hydrogens is 228 g/mol. The molecule has 1 saturated heterocycles. The number of amides is 1. The fourth-order valence-electron chi connectivity index (χ4n) is 2.36. The second-order valence-electron chi connectivity index (χ2n) is 5.15. The van der Waals surface area contributed by atoms with Crippen LogP contribution in [0.25, 0.3) is 0 Å². The van der Waals surface area contributed by atoms with Crippen molar-refractivity contribution in [3.05, 3.63) is 29.8 Å². The molecule has 1 heterocycles. The molecule has 98 valence electrons. The molecule has 4 heteroatoms. The van der Waals surface area contributed by atoms with E-state index < -0.39 is 0 Å². The first-order chi connectivity index (χ1) is 8.54. The van der Waals surface area contributed by atoms with Crippen molar-refractivity contribution >= 4 is 5.91 Å². The van der Waals surface area contributed by atoms with Crippen molar-refractivity contribution in [1.29, 1.82) is 0 Å². The molecule has 0 unspecified atom stereocenters. The van der Waals surface area contributed by atoms with Crippen LogP contribution < -0.4 is 0 Å². The number of carbonyl (C=O) groups excluding carboxylic acids is 1. The van der Waals surface area contributed by atoms with Gasteiger partial charge in [-0.15, -0.1) is 0 Å². The van der Waals surface area contributed by atoms with Gasteiger partial charge in [0, 0.05) is 39.0 Å². The van der Waals surface area contributed by atoms with E-state index in [1.807, 2.05) is 17.0 Å². The van der Waals surface area contributed by atoms with Gasteiger partial charge in [0.05, 0.1) is 0 Å². The Morgan fingerprint density at radius 3 is 2.56 bits per heavy atom. The van der Waals surface area contributed by atoms with Crippen molar-refractivity contribution in [3.63, 3.8) is 0 Å². The summed E-state index contributed by atoms with van der Waals surface area (Å²) in [6, 6.07) is 7.30. The minimum absolute atomic E-state index is 0.174. The Hall–Kier alpha value is -1.55. The van der Waals surface area contributed by atoms with Gasteiger partial charge in [0.15, 0.2) is 0 Å². The van der Waals surface area contributed by atoms with Crippen molar-refractivity contribution in [3.8, 4) is 5.75 Å². The number of phenolic OH excluding ortho intramolecular Hbond substituents is 1. The van der Waals surface area contributed by atoms with Crippen LogP contribution in [0.3, 0.4) is 0 Å². The highest BCUT2D eigenvalue weighted by Crippen LogP contribution is 2.17. The predicted molar refractivity (Wildman–Crippen MR) is 70.2 cm³/mol. The summed E-state index contributed by atoms with van der Waals surface area (Å²) >= 11 is 0. The zero-order valence-electron chi connectivity index (χ0n) is 11.0. The molecular formula is C14H20N2O2. The van der Waals surface area contributed by atoms with Crippen molar-refractivity contribution in [2.24, 2.45) is 5.92 Å². The minimum atomic E-state index is 0.174. The van der Waals surface area contributed by atoms with E-state index in [9.17, 15) is 9.90 Å². The van der Waals surface area contributed by atoms with E-state index in [0.29, 0.717) is 11.7 Å². The molecule has 0 aromatic heterocycles. The van der Waals surface area contributed by atoms with Gasteiger partial charge < -0.3 is 14.9 Å². The van der Waals surface area contributed by atoms with Gasteiger partial charge >= 0.3 is 0 Å². The lowest BCUT2D eigenvalue weighted by atomic mass is 9.99. The van der Waals surface area contributed by atoms with Crippen LogP contribution >= 0.6 is 0 Å². The summed E-state index contributed by atoms with van der Waals surface area (Å²) in [7, 11) is 2.09. The zero-order valence-corrected chi connectivity index (χ0v) is 11.0. The Bertz CT molecular complexity index is 410. The average molecular weight is 248 g/mol. The second-order valence-corrected chi connectivity index (χ2v) is 5.15. The van der Waals surface area contributed by atoms with Crippen LogP contribution in [-0.4, -0.2) is 47.5 Å². The van der Waals surface area contributed by atoms with E-state index in [1.165, 1.54) is 5.56 Å². The van der Waals surface area contributed by atoms with Gasteiger partial charge in [-0.2, -0.15) is 0 Å². The quantitative estimate of drug-likeness (QED) is 0.873. The molecule has 4 nitrogen and oxygen atoms in total. The molecule has 0 bridgehead atoms. The maximum Gasteiger partial charge on any atom is 0.219 e. The summed E-state index contributed by atoms with van der Waals surface area (Å²) < 4.78 is 0. The van der Waals surface area contributed by atoms with Crippen LogP contribution in [0.15, 0.2) is 24.3 Å². The van der Waals surface area contributed by atoms with Crippen LogP contribution in [0.5, 0.6) is 5.75 Å². The third-order valence-electron chi connectivity index (χ3n) is 3.36. The Morgan fingerprint density at radius 1 is 1.39 bits per heavy atom. The molecule has 18 heavy (non-hydrogen) atoms. The SMILES string of the molecule is CC(=O)N1CC(CN(C)Cc2ccc(O)cc2)C1. The molecule has 0 spiro atoms. The Kier molecular flexibility index (Phi) is 3.87.